The van der Waals surface area contributed by atoms with Crippen LogP contribution < -0.4 is 0 Å². The van der Waals surface area contributed by atoms with Crippen LogP contribution in [0.15, 0.2) is 36.7 Å². The van der Waals surface area contributed by atoms with E-state index in [1.807, 2.05) is 17.7 Å². The van der Waals surface area contributed by atoms with Crippen LogP contribution in [0.25, 0.3) is 0 Å². The molecule has 0 aliphatic carbocycles. The Morgan fingerprint density at radius 1 is 1.29 bits per heavy atom. The number of hydrogen-bond donors (Lipinski definition) is 1. The van der Waals surface area contributed by atoms with E-state index in [4.69, 9.17) is 0 Å². The number of nitrogens with zero attached hydrogens (tertiary/aromatic N) is 2. The largest absolute Gasteiger partial charge is 0.385 e. The molecule has 0 bridgehead atoms. The summed E-state index contributed by atoms with van der Waals surface area (Å²) in [5, 5.41) is 10.2. The first kappa shape index (κ1) is 11.9. The zero-order chi connectivity index (χ0) is 12.3. The lowest BCUT2D eigenvalue weighted by atomic mass is 10.1. The Bertz CT molecular complexity index is 473. The molecule has 3 heteroatoms. The number of hydrogen-bond acceptors (Lipinski definition) is 2. The van der Waals surface area contributed by atoms with Crippen LogP contribution in [0.1, 0.15) is 30.0 Å². The highest BCUT2D eigenvalue weighted by atomic mass is 16.3. The molecule has 1 heterocycles. The van der Waals surface area contributed by atoms with Crippen molar-refractivity contribution in [2.45, 2.75) is 32.9 Å². The molecule has 17 heavy (non-hydrogen) atoms. The zero-order valence-corrected chi connectivity index (χ0v) is 10.3. The van der Waals surface area contributed by atoms with E-state index >= 15 is 0 Å². The average Bonchev–Trinajstić information content (AvgIpc) is 2.80. The predicted octanol–water partition coefficient (Wildman–Crippen LogP) is 2.49. The monoisotopic (exact) mass is 230 g/mol. The van der Waals surface area contributed by atoms with Crippen LogP contribution in [0, 0.1) is 6.92 Å². The Morgan fingerprint density at radius 3 is 2.65 bits per heavy atom. The predicted molar refractivity (Wildman–Crippen MR) is 67.7 cm³/mol. The third-order valence-corrected chi connectivity index (χ3v) is 2.94. The van der Waals surface area contributed by atoms with Gasteiger partial charge in [0.25, 0.3) is 0 Å². The Hall–Kier alpha value is -1.61. The van der Waals surface area contributed by atoms with Crippen molar-refractivity contribution < 1.29 is 5.11 Å². The molecule has 0 spiro atoms. The summed E-state index contributed by atoms with van der Waals surface area (Å²) in [5.74, 6) is 0.744. The molecular weight excluding hydrogens is 212 g/mol. The minimum atomic E-state index is -0.535. The number of aromatic nitrogens is 2. The van der Waals surface area contributed by atoms with Crippen LogP contribution in [0.5, 0.6) is 0 Å². The highest BCUT2D eigenvalue weighted by Gasteiger charge is 2.13. The SMILES string of the molecule is CCn1ccnc1C(O)Cc1ccc(C)cc1. The van der Waals surface area contributed by atoms with Gasteiger partial charge in [-0.05, 0) is 19.4 Å². The summed E-state index contributed by atoms with van der Waals surface area (Å²) in [7, 11) is 0. The van der Waals surface area contributed by atoms with Crippen molar-refractivity contribution in [2.75, 3.05) is 0 Å². The number of imidazole rings is 1. The van der Waals surface area contributed by atoms with Gasteiger partial charge in [0, 0.05) is 25.4 Å². The lowest BCUT2D eigenvalue weighted by molar-refractivity contribution is 0.164. The van der Waals surface area contributed by atoms with Gasteiger partial charge in [-0.15, -0.1) is 0 Å². The van der Waals surface area contributed by atoms with Gasteiger partial charge >= 0.3 is 0 Å². The molecule has 1 atom stereocenters. The number of aliphatic hydroxyl groups is 1. The molecule has 0 aliphatic heterocycles. The fourth-order valence-electron chi connectivity index (χ4n) is 1.92. The van der Waals surface area contributed by atoms with Crippen molar-refractivity contribution in [3.63, 3.8) is 0 Å². The molecule has 3 nitrogen and oxygen atoms in total. The summed E-state index contributed by atoms with van der Waals surface area (Å²) in [5.41, 5.74) is 2.37. The van der Waals surface area contributed by atoms with Crippen molar-refractivity contribution in [1.29, 1.82) is 0 Å². The number of aliphatic hydroxyl groups excluding tert-OH is 1. The molecule has 0 saturated carbocycles. The normalized spacial score (nSPS) is 12.6. The maximum Gasteiger partial charge on any atom is 0.137 e. The summed E-state index contributed by atoms with van der Waals surface area (Å²) in [6.45, 7) is 4.94. The van der Waals surface area contributed by atoms with Gasteiger partial charge in [-0.3, -0.25) is 0 Å². The summed E-state index contributed by atoms with van der Waals surface area (Å²) in [4.78, 5) is 4.21. The molecule has 1 aromatic carbocycles. The molecule has 2 rings (SSSR count). The second-order valence-electron chi connectivity index (χ2n) is 4.28. The van der Waals surface area contributed by atoms with E-state index in [1.165, 1.54) is 5.56 Å². The Balaban J connectivity index is 2.11. The molecule has 0 radical (unpaired) electrons. The van der Waals surface area contributed by atoms with E-state index in [-0.39, 0.29) is 0 Å². The van der Waals surface area contributed by atoms with Crippen LogP contribution >= 0.6 is 0 Å². The lowest BCUT2D eigenvalue weighted by Gasteiger charge is -2.12. The van der Waals surface area contributed by atoms with Gasteiger partial charge in [0.05, 0.1) is 0 Å². The highest BCUT2D eigenvalue weighted by Crippen LogP contribution is 2.17. The minimum Gasteiger partial charge on any atom is -0.385 e. The standard InChI is InChI=1S/C14H18N2O/c1-3-16-9-8-15-14(16)13(17)10-12-6-4-11(2)5-7-12/h4-9,13,17H,3,10H2,1-2H3. The fraction of sp³-hybridized carbons (Fsp3) is 0.357. The van der Waals surface area contributed by atoms with Crippen molar-refractivity contribution in [3.8, 4) is 0 Å². The number of benzene rings is 1. The third-order valence-electron chi connectivity index (χ3n) is 2.94. The Morgan fingerprint density at radius 2 is 2.00 bits per heavy atom. The second-order valence-corrected chi connectivity index (χ2v) is 4.28. The van der Waals surface area contributed by atoms with E-state index in [0.717, 1.165) is 17.9 Å². The molecule has 0 saturated heterocycles. The molecule has 0 fully saturated rings. The molecule has 0 aliphatic rings. The van der Waals surface area contributed by atoms with E-state index in [9.17, 15) is 5.11 Å². The summed E-state index contributed by atoms with van der Waals surface area (Å²) in [6, 6.07) is 8.23. The van der Waals surface area contributed by atoms with E-state index in [0.29, 0.717) is 6.42 Å². The maximum absolute atomic E-state index is 10.2. The molecular formula is C14H18N2O. The van der Waals surface area contributed by atoms with Gasteiger partial charge in [0.15, 0.2) is 0 Å². The van der Waals surface area contributed by atoms with Gasteiger partial charge in [-0.2, -0.15) is 0 Å². The molecule has 2 aromatic rings. The molecule has 0 amide bonds. The van der Waals surface area contributed by atoms with Gasteiger partial charge in [-0.1, -0.05) is 29.8 Å². The lowest BCUT2D eigenvalue weighted by Crippen LogP contribution is -2.10. The highest BCUT2D eigenvalue weighted by molar-refractivity contribution is 5.22. The van der Waals surface area contributed by atoms with Crippen molar-refractivity contribution in [2.24, 2.45) is 0 Å². The smallest absolute Gasteiger partial charge is 0.137 e. The first-order chi connectivity index (χ1) is 8.20. The van der Waals surface area contributed by atoms with Crippen LogP contribution in [0.4, 0.5) is 0 Å². The van der Waals surface area contributed by atoms with Gasteiger partial charge in [0.2, 0.25) is 0 Å². The van der Waals surface area contributed by atoms with Gasteiger partial charge in [0.1, 0.15) is 11.9 Å². The van der Waals surface area contributed by atoms with Gasteiger partial charge < -0.3 is 9.67 Å². The first-order valence-corrected chi connectivity index (χ1v) is 5.95. The van der Waals surface area contributed by atoms with E-state index in [1.54, 1.807) is 6.20 Å². The zero-order valence-electron chi connectivity index (χ0n) is 10.3. The van der Waals surface area contributed by atoms with E-state index < -0.39 is 6.10 Å². The second kappa shape index (κ2) is 5.15. The van der Waals surface area contributed by atoms with Gasteiger partial charge in [-0.25, -0.2) is 4.98 Å². The molecule has 1 unspecified atom stereocenters. The van der Waals surface area contributed by atoms with Crippen molar-refractivity contribution >= 4 is 0 Å². The van der Waals surface area contributed by atoms with E-state index in [2.05, 4.69) is 36.2 Å². The molecule has 90 valence electrons. The summed E-state index contributed by atoms with van der Waals surface area (Å²) < 4.78 is 1.97. The van der Waals surface area contributed by atoms with Crippen LogP contribution in [-0.4, -0.2) is 14.7 Å². The topological polar surface area (TPSA) is 38.0 Å². The van der Waals surface area contributed by atoms with Crippen molar-refractivity contribution in [3.05, 3.63) is 53.6 Å². The molecule has 1 N–H and O–H groups in total. The molecule has 1 aromatic heterocycles. The van der Waals surface area contributed by atoms with Crippen LogP contribution in [-0.2, 0) is 13.0 Å². The van der Waals surface area contributed by atoms with Crippen LogP contribution in [0.3, 0.4) is 0 Å². The number of rotatable bonds is 4. The average molecular weight is 230 g/mol. The summed E-state index contributed by atoms with van der Waals surface area (Å²) >= 11 is 0. The minimum absolute atomic E-state index is 0.535. The number of aryl methyl sites for hydroxylation is 2. The summed E-state index contributed by atoms with van der Waals surface area (Å²) in [6.07, 6.45) is 3.70. The fourth-order valence-corrected chi connectivity index (χ4v) is 1.92. The Kier molecular flexibility index (Phi) is 3.59. The maximum atomic E-state index is 10.2. The van der Waals surface area contributed by atoms with Crippen molar-refractivity contribution in [1.82, 2.24) is 9.55 Å². The van der Waals surface area contributed by atoms with Crippen LogP contribution in [0.2, 0.25) is 0 Å². The first-order valence-electron chi connectivity index (χ1n) is 5.95. The quantitative estimate of drug-likeness (QED) is 0.876. The third kappa shape index (κ3) is 2.74. The Labute approximate surface area is 102 Å².